The Labute approximate surface area is 136 Å². The van der Waals surface area contributed by atoms with Gasteiger partial charge in [-0.1, -0.05) is 41.4 Å². The van der Waals surface area contributed by atoms with Crippen LogP contribution in [0.4, 0.5) is 11.8 Å². The molecule has 0 saturated heterocycles. The van der Waals surface area contributed by atoms with Gasteiger partial charge in [-0.05, 0) is 23.8 Å². The fourth-order valence-electron chi connectivity index (χ4n) is 2.01. The molecule has 0 aliphatic carbocycles. The van der Waals surface area contributed by atoms with Crippen LogP contribution in [0.3, 0.4) is 0 Å². The van der Waals surface area contributed by atoms with E-state index < -0.39 is 0 Å². The van der Waals surface area contributed by atoms with Gasteiger partial charge in [-0.25, -0.2) is 4.98 Å². The molecule has 0 spiro atoms. The van der Waals surface area contributed by atoms with Crippen LogP contribution in [-0.4, -0.2) is 15.0 Å². The maximum absolute atomic E-state index is 6.13. The van der Waals surface area contributed by atoms with Gasteiger partial charge in [0.05, 0.1) is 5.39 Å². The second-order valence-electron chi connectivity index (χ2n) is 4.58. The predicted molar refractivity (Wildman–Crippen MR) is 91.5 cm³/mol. The Hall–Kier alpha value is -2.37. The highest BCUT2D eigenvalue weighted by Gasteiger charge is 2.05. The second-order valence-corrected chi connectivity index (χ2v) is 5.39. The van der Waals surface area contributed by atoms with E-state index in [0.29, 0.717) is 26.9 Å². The molecule has 0 radical (unpaired) electrons. The van der Waals surface area contributed by atoms with Crippen molar-refractivity contribution in [2.45, 2.75) is 0 Å². The first-order chi connectivity index (χ1) is 10.5. The smallest absolute Gasteiger partial charge is 0.224 e. The van der Waals surface area contributed by atoms with E-state index >= 15 is 0 Å². The molecule has 0 bridgehead atoms. The standard InChI is InChI=1S/C15H11Cl2N5/c16-11-2-1-3-12(17)9(11)5-4-8-6-10-13(18)21-15(19)22-14(10)20-7-8/h1-7H,(H4,18,19,20,21,22)/b5-4+. The van der Waals surface area contributed by atoms with Crippen LogP contribution in [0, 0.1) is 0 Å². The van der Waals surface area contributed by atoms with E-state index in [1.54, 1.807) is 24.4 Å². The number of nitrogen functional groups attached to an aromatic ring is 2. The summed E-state index contributed by atoms with van der Waals surface area (Å²) in [5, 5.41) is 1.79. The fourth-order valence-corrected chi connectivity index (χ4v) is 2.53. The fraction of sp³-hybridized carbons (Fsp3) is 0. The zero-order chi connectivity index (χ0) is 15.7. The zero-order valence-corrected chi connectivity index (χ0v) is 12.8. The molecule has 0 atom stereocenters. The molecule has 0 fully saturated rings. The molecule has 2 aromatic heterocycles. The van der Waals surface area contributed by atoms with E-state index in [9.17, 15) is 0 Å². The zero-order valence-electron chi connectivity index (χ0n) is 11.3. The van der Waals surface area contributed by atoms with E-state index in [0.717, 1.165) is 11.1 Å². The Morgan fingerprint density at radius 3 is 2.45 bits per heavy atom. The van der Waals surface area contributed by atoms with E-state index in [4.69, 9.17) is 34.7 Å². The highest BCUT2D eigenvalue weighted by atomic mass is 35.5. The van der Waals surface area contributed by atoms with E-state index in [1.165, 1.54) is 0 Å². The quantitative estimate of drug-likeness (QED) is 0.747. The molecular weight excluding hydrogens is 321 g/mol. The lowest BCUT2D eigenvalue weighted by molar-refractivity contribution is 1.20. The molecular formula is C15H11Cl2N5. The van der Waals surface area contributed by atoms with Gasteiger partial charge in [0, 0.05) is 21.8 Å². The van der Waals surface area contributed by atoms with Crippen molar-refractivity contribution in [3.63, 3.8) is 0 Å². The maximum Gasteiger partial charge on any atom is 0.224 e. The summed E-state index contributed by atoms with van der Waals surface area (Å²) in [7, 11) is 0. The average molecular weight is 332 g/mol. The number of hydrogen-bond acceptors (Lipinski definition) is 5. The number of rotatable bonds is 2. The van der Waals surface area contributed by atoms with Gasteiger partial charge in [0.25, 0.3) is 0 Å². The van der Waals surface area contributed by atoms with Crippen LogP contribution in [0.5, 0.6) is 0 Å². The summed E-state index contributed by atoms with van der Waals surface area (Å²) in [4.78, 5) is 12.2. The minimum atomic E-state index is 0.101. The summed E-state index contributed by atoms with van der Waals surface area (Å²) in [6.07, 6.45) is 5.33. The van der Waals surface area contributed by atoms with Crippen LogP contribution in [-0.2, 0) is 0 Å². The van der Waals surface area contributed by atoms with Crippen LogP contribution in [0.15, 0.2) is 30.5 Å². The lowest BCUT2D eigenvalue weighted by atomic mass is 10.1. The number of pyridine rings is 1. The number of nitrogens with zero attached hydrogens (tertiary/aromatic N) is 3. The van der Waals surface area contributed by atoms with Crippen molar-refractivity contribution in [1.82, 2.24) is 15.0 Å². The van der Waals surface area contributed by atoms with Gasteiger partial charge in [-0.2, -0.15) is 9.97 Å². The first kappa shape index (κ1) is 14.6. The highest BCUT2D eigenvalue weighted by molar-refractivity contribution is 6.37. The van der Waals surface area contributed by atoms with Crippen LogP contribution in [0.25, 0.3) is 23.2 Å². The number of aromatic nitrogens is 3. The van der Waals surface area contributed by atoms with Crippen LogP contribution < -0.4 is 11.5 Å². The van der Waals surface area contributed by atoms with Crippen LogP contribution >= 0.6 is 23.2 Å². The number of anilines is 2. The summed E-state index contributed by atoms with van der Waals surface area (Å²) < 4.78 is 0. The molecule has 0 unspecified atom stereocenters. The Kier molecular flexibility index (Phi) is 3.83. The second kappa shape index (κ2) is 5.79. The van der Waals surface area contributed by atoms with E-state index in [-0.39, 0.29) is 5.95 Å². The van der Waals surface area contributed by atoms with Crippen molar-refractivity contribution < 1.29 is 0 Å². The summed E-state index contributed by atoms with van der Waals surface area (Å²) in [5.41, 5.74) is 13.4. The molecule has 22 heavy (non-hydrogen) atoms. The van der Waals surface area contributed by atoms with Gasteiger partial charge in [0.15, 0.2) is 5.65 Å². The maximum atomic E-state index is 6.13. The number of nitrogens with two attached hydrogens (primary N) is 2. The van der Waals surface area contributed by atoms with Crippen LogP contribution in [0.2, 0.25) is 10.0 Å². The summed E-state index contributed by atoms with van der Waals surface area (Å²) >= 11 is 12.3. The molecule has 3 rings (SSSR count). The third-order valence-corrected chi connectivity index (χ3v) is 3.72. The van der Waals surface area contributed by atoms with Crippen molar-refractivity contribution in [3.8, 4) is 0 Å². The van der Waals surface area contributed by atoms with Gasteiger partial charge in [0.2, 0.25) is 5.95 Å². The van der Waals surface area contributed by atoms with Gasteiger partial charge >= 0.3 is 0 Å². The molecule has 110 valence electrons. The van der Waals surface area contributed by atoms with Crippen molar-refractivity contribution in [1.29, 1.82) is 0 Å². The van der Waals surface area contributed by atoms with Gasteiger partial charge < -0.3 is 11.5 Å². The number of fused-ring (bicyclic) bond motifs is 1. The van der Waals surface area contributed by atoms with E-state index in [1.807, 2.05) is 18.2 Å². The topological polar surface area (TPSA) is 90.7 Å². The van der Waals surface area contributed by atoms with Gasteiger partial charge in [0.1, 0.15) is 5.82 Å². The first-order valence-electron chi connectivity index (χ1n) is 6.35. The van der Waals surface area contributed by atoms with E-state index in [2.05, 4.69) is 15.0 Å². The monoisotopic (exact) mass is 331 g/mol. The molecule has 2 heterocycles. The molecule has 0 saturated carbocycles. The third-order valence-electron chi connectivity index (χ3n) is 3.06. The molecule has 1 aromatic carbocycles. The SMILES string of the molecule is Nc1nc(N)c2cc(/C=C/c3c(Cl)cccc3Cl)cnc2n1. The molecule has 0 amide bonds. The Morgan fingerprint density at radius 2 is 1.73 bits per heavy atom. The lowest BCUT2D eigenvalue weighted by Crippen LogP contribution is -2.01. The van der Waals surface area contributed by atoms with Crippen molar-refractivity contribution in [3.05, 3.63) is 51.6 Å². The molecule has 3 aromatic rings. The van der Waals surface area contributed by atoms with Gasteiger partial charge in [-0.15, -0.1) is 0 Å². The summed E-state index contributed by atoms with van der Waals surface area (Å²) in [5.74, 6) is 0.393. The summed E-state index contributed by atoms with van der Waals surface area (Å²) in [6.45, 7) is 0. The first-order valence-corrected chi connectivity index (χ1v) is 7.11. The Bertz CT molecular complexity index is 872. The Balaban J connectivity index is 2.03. The van der Waals surface area contributed by atoms with Crippen molar-refractivity contribution >= 4 is 58.2 Å². The molecule has 0 aliphatic rings. The number of hydrogen-bond donors (Lipinski definition) is 2. The largest absolute Gasteiger partial charge is 0.383 e. The predicted octanol–water partition coefficient (Wildman–Crippen LogP) is 3.67. The Morgan fingerprint density at radius 1 is 1.00 bits per heavy atom. The molecule has 4 N–H and O–H groups in total. The third kappa shape index (κ3) is 2.81. The summed E-state index contributed by atoms with van der Waals surface area (Å²) in [6, 6.07) is 7.18. The average Bonchev–Trinajstić information content (AvgIpc) is 2.47. The highest BCUT2D eigenvalue weighted by Crippen LogP contribution is 2.26. The molecule has 5 nitrogen and oxygen atoms in total. The van der Waals surface area contributed by atoms with Gasteiger partial charge in [-0.3, -0.25) is 0 Å². The number of halogens is 2. The molecule has 7 heteroatoms. The lowest BCUT2D eigenvalue weighted by Gasteiger charge is -2.03. The minimum Gasteiger partial charge on any atom is -0.383 e. The van der Waals surface area contributed by atoms with Crippen LogP contribution in [0.1, 0.15) is 11.1 Å². The minimum absolute atomic E-state index is 0.101. The number of benzene rings is 1. The normalized spacial score (nSPS) is 11.4. The van der Waals surface area contributed by atoms with Crippen molar-refractivity contribution in [2.24, 2.45) is 0 Å². The molecule has 0 aliphatic heterocycles. The van der Waals surface area contributed by atoms with Crippen molar-refractivity contribution in [2.75, 3.05) is 11.5 Å².